The van der Waals surface area contributed by atoms with Crippen molar-refractivity contribution in [3.63, 3.8) is 0 Å². The second-order valence-electron chi connectivity index (χ2n) is 7.60. The molecule has 1 amide bonds. The third-order valence-electron chi connectivity index (χ3n) is 4.94. The summed E-state index contributed by atoms with van der Waals surface area (Å²) >= 11 is 0. The maximum atomic E-state index is 12.3. The van der Waals surface area contributed by atoms with Crippen LogP contribution in [0.4, 0.5) is 18.0 Å². The second-order valence-corrected chi connectivity index (χ2v) is 7.60. The predicted octanol–water partition coefficient (Wildman–Crippen LogP) is 3.79. The molecular weight excluding hydrogens is 459 g/mol. The van der Waals surface area contributed by atoms with Crippen molar-refractivity contribution in [1.82, 2.24) is 5.32 Å². The molecule has 1 fully saturated rings. The molecule has 2 aromatic rings. The average Bonchev–Trinajstić information content (AvgIpc) is 3.24. The monoisotopic (exact) mass is 481 g/mol. The first-order valence-electron chi connectivity index (χ1n) is 10.3. The van der Waals surface area contributed by atoms with E-state index in [-0.39, 0.29) is 25.2 Å². The number of carbonyl (C=O) groups is 3. The van der Waals surface area contributed by atoms with Crippen molar-refractivity contribution in [2.24, 2.45) is 0 Å². The number of rotatable bonds is 9. The van der Waals surface area contributed by atoms with Gasteiger partial charge in [-0.05, 0) is 36.2 Å². The van der Waals surface area contributed by atoms with Crippen LogP contribution in [-0.2, 0) is 25.6 Å². The van der Waals surface area contributed by atoms with E-state index in [1.807, 2.05) is 18.2 Å². The maximum Gasteiger partial charge on any atom is 0.573 e. The fourth-order valence-corrected chi connectivity index (χ4v) is 3.26. The molecular formula is C23H22F3NO7. The number of nitrogens with one attached hydrogen (secondary N) is 1. The van der Waals surface area contributed by atoms with Crippen LogP contribution in [-0.4, -0.2) is 49.6 Å². The molecule has 0 bridgehead atoms. The highest BCUT2D eigenvalue weighted by atomic mass is 19.4. The number of hydrogen-bond acceptors (Lipinski definition) is 7. The molecule has 1 aliphatic heterocycles. The van der Waals surface area contributed by atoms with E-state index in [1.165, 1.54) is 0 Å². The van der Waals surface area contributed by atoms with Crippen molar-refractivity contribution in [1.29, 1.82) is 0 Å². The van der Waals surface area contributed by atoms with Crippen molar-refractivity contribution in [3.05, 3.63) is 65.7 Å². The molecule has 0 spiro atoms. The third-order valence-corrected chi connectivity index (χ3v) is 4.94. The van der Waals surface area contributed by atoms with E-state index in [9.17, 15) is 27.6 Å². The Bertz CT molecular complexity index is 988. The van der Waals surface area contributed by atoms with Gasteiger partial charge in [0, 0.05) is 12.2 Å². The quantitative estimate of drug-likeness (QED) is 0.430. The SMILES string of the molecule is O=C(CC1(NC(=O)OCc2ccccc2)CCOC1)OCC(=O)c1ccc(OC(F)(F)F)cc1. The number of hydrogen-bond donors (Lipinski definition) is 1. The molecule has 0 radical (unpaired) electrons. The van der Waals surface area contributed by atoms with E-state index in [0.29, 0.717) is 13.0 Å². The maximum absolute atomic E-state index is 12.3. The summed E-state index contributed by atoms with van der Waals surface area (Å²) in [6, 6.07) is 13.3. The van der Waals surface area contributed by atoms with Gasteiger partial charge in [0.05, 0.1) is 18.6 Å². The molecule has 1 saturated heterocycles. The van der Waals surface area contributed by atoms with Crippen LogP contribution in [0.2, 0.25) is 0 Å². The summed E-state index contributed by atoms with van der Waals surface area (Å²) in [5.41, 5.74) is -0.195. The minimum atomic E-state index is -4.84. The smallest absolute Gasteiger partial charge is 0.457 e. The summed E-state index contributed by atoms with van der Waals surface area (Å²) in [5, 5.41) is 2.66. The van der Waals surface area contributed by atoms with E-state index in [0.717, 1.165) is 29.8 Å². The normalized spacial score (nSPS) is 17.6. The van der Waals surface area contributed by atoms with Gasteiger partial charge >= 0.3 is 18.4 Å². The first kappa shape index (κ1) is 25.0. The van der Waals surface area contributed by atoms with Gasteiger partial charge in [0.15, 0.2) is 12.4 Å². The number of ether oxygens (including phenoxy) is 4. The zero-order chi connectivity index (χ0) is 24.6. The second kappa shape index (κ2) is 11.0. The van der Waals surface area contributed by atoms with Crippen LogP contribution in [0.25, 0.3) is 0 Å². The average molecular weight is 481 g/mol. The highest BCUT2D eigenvalue weighted by molar-refractivity contribution is 5.98. The van der Waals surface area contributed by atoms with E-state index >= 15 is 0 Å². The molecule has 8 nitrogen and oxygen atoms in total. The highest BCUT2D eigenvalue weighted by Gasteiger charge is 2.40. The van der Waals surface area contributed by atoms with Crippen LogP contribution >= 0.6 is 0 Å². The number of halogens is 3. The standard InChI is InChI=1S/C23H22F3NO7/c24-23(25,26)34-18-8-6-17(7-9-18)19(28)14-32-20(29)12-22(10-11-31-15-22)27-21(30)33-13-16-4-2-1-3-5-16/h1-9H,10-15H2,(H,27,30). The van der Waals surface area contributed by atoms with Gasteiger partial charge in [0.2, 0.25) is 0 Å². The van der Waals surface area contributed by atoms with Gasteiger partial charge in [-0.15, -0.1) is 13.2 Å². The number of alkyl carbamates (subject to hydrolysis) is 1. The number of esters is 1. The van der Waals surface area contributed by atoms with Crippen LogP contribution in [0.1, 0.15) is 28.8 Å². The lowest BCUT2D eigenvalue weighted by atomic mass is 9.94. The van der Waals surface area contributed by atoms with Crippen LogP contribution in [0.5, 0.6) is 5.75 Å². The Morgan fingerprint density at radius 3 is 2.32 bits per heavy atom. The molecule has 0 saturated carbocycles. The Morgan fingerprint density at radius 1 is 1.00 bits per heavy atom. The van der Waals surface area contributed by atoms with Crippen molar-refractivity contribution in [3.8, 4) is 5.75 Å². The number of alkyl halides is 3. The van der Waals surface area contributed by atoms with Gasteiger partial charge in [-0.1, -0.05) is 30.3 Å². The molecule has 182 valence electrons. The summed E-state index contributed by atoms with van der Waals surface area (Å²) in [4.78, 5) is 36.8. The first-order valence-corrected chi connectivity index (χ1v) is 10.3. The summed E-state index contributed by atoms with van der Waals surface area (Å²) < 4.78 is 55.9. The first-order chi connectivity index (χ1) is 16.1. The minimum Gasteiger partial charge on any atom is -0.457 e. The lowest BCUT2D eigenvalue weighted by molar-refractivity contribution is -0.274. The highest BCUT2D eigenvalue weighted by Crippen LogP contribution is 2.25. The molecule has 1 N–H and O–H groups in total. The topological polar surface area (TPSA) is 100 Å². The Kier molecular flexibility index (Phi) is 8.11. The molecule has 1 unspecified atom stereocenters. The van der Waals surface area contributed by atoms with Crippen LogP contribution < -0.4 is 10.1 Å². The van der Waals surface area contributed by atoms with Gasteiger partial charge in [0.25, 0.3) is 0 Å². The van der Waals surface area contributed by atoms with E-state index in [1.54, 1.807) is 12.1 Å². The van der Waals surface area contributed by atoms with Crippen molar-refractivity contribution >= 4 is 17.8 Å². The minimum absolute atomic E-state index is 0.0452. The molecule has 1 heterocycles. The van der Waals surface area contributed by atoms with E-state index < -0.39 is 42.1 Å². The number of ketones is 1. The van der Waals surface area contributed by atoms with Gasteiger partial charge in [-0.3, -0.25) is 9.59 Å². The Hall–Kier alpha value is -3.60. The van der Waals surface area contributed by atoms with Gasteiger partial charge in [-0.25, -0.2) is 4.79 Å². The molecule has 11 heteroatoms. The zero-order valence-electron chi connectivity index (χ0n) is 17.9. The van der Waals surface area contributed by atoms with Crippen molar-refractivity contribution < 1.29 is 46.5 Å². The van der Waals surface area contributed by atoms with Crippen molar-refractivity contribution in [2.45, 2.75) is 31.3 Å². The Labute approximate surface area is 192 Å². The molecule has 2 aromatic carbocycles. The van der Waals surface area contributed by atoms with E-state index in [2.05, 4.69) is 10.1 Å². The summed E-state index contributed by atoms with van der Waals surface area (Å²) in [6.45, 7) is -0.183. The molecule has 1 aliphatic rings. The summed E-state index contributed by atoms with van der Waals surface area (Å²) in [6.07, 6.45) is -5.47. The molecule has 34 heavy (non-hydrogen) atoms. The van der Waals surface area contributed by atoms with Gasteiger partial charge < -0.3 is 24.3 Å². The van der Waals surface area contributed by atoms with Crippen molar-refractivity contribution in [2.75, 3.05) is 19.8 Å². The van der Waals surface area contributed by atoms with Crippen LogP contribution in [0.3, 0.4) is 0 Å². The largest absolute Gasteiger partial charge is 0.573 e. The zero-order valence-corrected chi connectivity index (χ0v) is 17.9. The summed E-state index contributed by atoms with van der Waals surface area (Å²) in [5.74, 6) is -1.84. The van der Waals surface area contributed by atoms with Gasteiger partial charge in [0.1, 0.15) is 12.4 Å². The van der Waals surface area contributed by atoms with Crippen LogP contribution in [0.15, 0.2) is 54.6 Å². The molecule has 1 atom stereocenters. The molecule has 0 aromatic heterocycles. The lowest BCUT2D eigenvalue weighted by Gasteiger charge is -2.27. The number of benzene rings is 2. The predicted molar refractivity (Wildman–Crippen MR) is 111 cm³/mol. The summed E-state index contributed by atoms with van der Waals surface area (Å²) in [7, 11) is 0. The molecule has 3 rings (SSSR count). The number of Topliss-reactive ketones (excluding diaryl/α,β-unsaturated/α-hetero) is 1. The number of carbonyl (C=O) groups excluding carboxylic acids is 3. The Morgan fingerprint density at radius 2 is 1.71 bits per heavy atom. The van der Waals surface area contributed by atoms with Crippen LogP contribution in [0, 0.1) is 0 Å². The molecule has 0 aliphatic carbocycles. The number of amides is 1. The fraction of sp³-hybridized carbons (Fsp3) is 0.348. The van der Waals surface area contributed by atoms with Gasteiger partial charge in [-0.2, -0.15) is 0 Å². The lowest BCUT2D eigenvalue weighted by Crippen LogP contribution is -2.51. The Balaban J connectivity index is 1.48. The van der Waals surface area contributed by atoms with E-state index in [4.69, 9.17) is 14.2 Å². The fourth-order valence-electron chi connectivity index (χ4n) is 3.26. The third kappa shape index (κ3) is 7.77.